The zero-order valence-corrected chi connectivity index (χ0v) is 10.2. The lowest BCUT2D eigenvalue weighted by Crippen LogP contribution is -2.19. The number of nitrogens with one attached hydrogen (secondary N) is 1. The van der Waals surface area contributed by atoms with Crippen molar-refractivity contribution < 1.29 is 9.18 Å². The summed E-state index contributed by atoms with van der Waals surface area (Å²) in [5.41, 5.74) is 3.92. The molecule has 0 atom stereocenters. The molecule has 1 amide bonds. The number of carbonyl (C=O) groups is 1. The van der Waals surface area contributed by atoms with Crippen molar-refractivity contribution >= 4 is 12.1 Å². The highest BCUT2D eigenvalue weighted by atomic mass is 19.1. The molecule has 2 rings (SSSR count). The Hall–Kier alpha value is -2.49. The van der Waals surface area contributed by atoms with Crippen LogP contribution in [-0.2, 0) is 11.2 Å². The van der Waals surface area contributed by atoms with Crippen molar-refractivity contribution in [1.82, 2.24) is 5.43 Å². The van der Waals surface area contributed by atoms with Crippen LogP contribution in [0.2, 0.25) is 0 Å². The van der Waals surface area contributed by atoms with Crippen molar-refractivity contribution in [2.75, 3.05) is 0 Å². The van der Waals surface area contributed by atoms with Gasteiger partial charge in [0.15, 0.2) is 0 Å². The van der Waals surface area contributed by atoms with Gasteiger partial charge < -0.3 is 0 Å². The van der Waals surface area contributed by atoms with Crippen LogP contribution >= 0.6 is 0 Å². The molecule has 0 saturated heterocycles. The first kappa shape index (κ1) is 13.0. The first-order valence-corrected chi connectivity index (χ1v) is 5.85. The molecule has 0 aliphatic carbocycles. The van der Waals surface area contributed by atoms with Crippen LogP contribution in [0, 0.1) is 5.82 Å². The number of nitrogens with zero attached hydrogens (tertiary/aromatic N) is 1. The van der Waals surface area contributed by atoms with E-state index in [1.165, 1.54) is 18.3 Å². The molecule has 4 heteroatoms. The maximum atomic E-state index is 12.9. The minimum Gasteiger partial charge on any atom is -0.273 e. The monoisotopic (exact) mass is 256 g/mol. The summed E-state index contributed by atoms with van der Waals surface area (Å²) < 4.78 is 12.9. The number of hydrazone groups is 1. The second-order valence-electron chi connectivity index (χ2n) is 4.01. The van der Waals surface area contributed by atoms with Crippen molar-refractivity contribution in [2.45, 2.75) is 6.42 Å². The van der Waals surface area contributed by atoms with E-state index in [1.54, 1.807) is 12.1 Å². The molecule has 0 bridgehead atoms. The number of carbonyl (C=O) groups excluding carboxylic acids is 1. The van der Waals surface area contributed by atoms with Crippen molar-refractivity contribution in [3.05, 3.63) is 71.5 Å². The summed E-state index contributed by atoms with van der Waals surface area (Å²) in [6.07, 6.45) is 1.67. The van der Waals surface area contributed by atoms with Crippen LogP contribution in [0.25, 0.3) is 0 Å². The second-order valence-corrected chi connectivity index (χ2v) is 4.01. The first-order chi connectivity index (χ1) is 9.24. The summed E-state index contributed by atoms with van der Waals surface area (Å²) in [7, 11) is 0. The minimum absolute atomic E-state index is 0.209. The molecule has 2 aromatic carbocycles. The zero-order chi connectivity index (χ0) is 13.5. The van der Waals surface area contributed by atoms with Gasteiger partial charge in [0.1, 0.15) is 5.82 Å². The van der Waals surface area contributed by atoms with Crippen LogP contribution in [0.15, 0.2) is 59.7 Å². The Bertz CT molecular complexity index is 582. The number of hydrogen-bond donors (Lipinski definition) is 1. The molecule has 0 radical (unpaired) electrons. The van der Waals surface area contributed by atoms with Gasteiger partial charge in [-0.15, -0.1) is 0 Å². The van der Waals surface area contributed by atoms with E-state index in [2.05, 4.69) is 10.5 Å². The Morgan fingerprint density at radius 1 is 1.16 bits per heavy atom. The molecule has 0 spiro atoms. The molecule has 0 unspecified atom stereocenters. The fraction of sp³-hybridized carbons (Fsp3) is 0.0667. The van der Waals surface area contributed by atoms with Crippen molar-refractivity contribution in [1.29, 1.82) is 0 Å². The highest BCUT2D eigenvalue weighted by molar-refractivity contribution is 5.83. The Labute approximate surface area is 110 Å². The maximum absolute atomic E-state index is 12.9. The van der Waals surface area contributed by atoms with E-state index in [4.69, 9.17) is 0 Å². The van der Waals surface area contributed by atoms with E-state index in [1.807, 2.05) is 30.3 Å². The normalized spacial score (nSPS) is 10.6. The second kappa shape index (κ2) is 6.44. The van der Waals surface area contributed by atoms with Gasteiger partial charge in [-0.2, -0.15) is 5.10 Å². The van der Waals surface area contributed by atoms with E-state index in [0.717, 1.165) is 5.56 Å². The molecule has 0 aliphatic heterocycles. The average Bonchev–Trinajstić information content (AvgIpc) is 2.40. The van der Waals surface area contributed by atoms with E-state index in [9.17, 15) is 9.18 Å². The molecule has 0 fully saturated rings. The van der Waals surface area contributed by atoms with Crippen LogP contribution in [0.1, 0.15) is 11.1 Å². The van der Waals surface area contributed by atoms with Crippen molar-refractivity contribution in [2.24, 2.45) is 5.10 Å². The van der Waals surface area contributed by atoms with Crippen LogP contribution < -0.4 is 5.43 Å². The molecule has 0 aliphatic rings. The topological polar surface area (TPSA) is 41.5 Å². The van der Waals surface area contributed by atoms with E-state index in [-0.39, 0.29) is 18.1 Å². The largest absolute Gasteiger partial charge is 0.273 e. The molecule has 0 aromatic heterocycles. The van der Waals surface area contributed by atoms with Gasteiger partial charge in [-0.3, -0.25) is 4.79 Å². The number of benzene rings is 2. The number of halogens is 1. The quantitative estimate of drug-likeness (QED) is 0.662. The lowest BCUT2D eigenvalue weighted by molar-refractivity contribution is -0.120. The smallest absolute Gasteiger partial charge is 0.244 e. The molecule has 19 heavy (non-hydrogen) atoms. The van der Waals surface area contributed by atoms with Gasteiger partial charge in [0.05, 0.1) is 12.6 Å². The molecule has 96 valence electrons. The summed E-state index contributed by atoms with van der Waals surface area (Å²) >= 11 is 0. The summed E-state index contributed by atoms with van der Waals surface area (Å²) in [5.74, 6) is -0.543. The zero-order valence-electron chi connectivity index (χ0n) is 10.2. The third-order valence-electron chi connectivity index (χ3n) is 2.46. The summed E-state index contributed by atoms with van der Waals surface area (Å²) in [5, 5.41) is 3.79. The van der Waals surface area contributed by atoms with Crippen molar-refractivity contribution in [3.8, 4) is 0 Å². The third kappa shape index (κ3) is 4.35. The van der Waals surface area contributed by atoms with Crippen molar-refractivity contribution in [3.63, 3.8) is 0 Å². The Morgan fingerprint density at radius 3 is 2.68 bits per heavy atom. The van der Waals surface area contributed by atoms with Gasteiger partial charge in [0.2, 0.25) is 5.91 Å². The predicted octanol–water partition coefficient (Wildman–Crippen LogP) is 2.52. The van der Waals surface area contributed by atoms with E-state index >= 15 is 0 Å². The fourth-order valence-electron chi connectivity index (χ4n) is 1.59. The lowest BCUT2D eigenvalue weighted by Gasteiger charge is -1.99. The molecule has 0 saturated carbocycles. The van der Waals surface area contributed by atoms with Gasteiger partial charge >= 0.3 is 0 Å². The number of amides is 1. The Balaban J connectivity index is 1.87. The van der Waals surface area contributed by atoms with E-state index in [0.29, 0.717) is 5.56 Å². The average molecular weight is 256 g/mol. The van der Waals surface area contributed by atoms with Gasteiger partial charge in [0.25, 0.3) is 0 Å². The van der Waals surface area contributed by atoms with Crippen LogP contribution in [0.3, 0.4) is 0 Å². The summed E-state index contributed by atoms with van der Waals surface area (Å²) in [6, 6.07) is 15.4. The lowest BCUT2D eigenvalue weighted by atomic mass is 10.1. The first-order valence-electron chi connectivity index (χ1n) is 5.85. The predicted molar refractivity (Wildman–Crippen MR) is 72.3 cm³/mol. The van der Waals surface area contributed by atoms with Gasteiger partial charge in [-0.05, 0) is 23.3 Å². The van der Waals surface area contributed by atoms with Gasteiger partial charge in [0, 0.05) is 0 Å². The van der Waals surface area contributed by atoms with Crippen LogP contribution in [0.4, 0.5) is 4.39 Å². The van der Waals surface area contributed by atoms with Crippen LogP contribution in [0.5, 0.6) is 0 Å². The van der Waals surface area contributed by atoms with Crippen LogP contribution in [-0.4, -0.2) is 12.1 Å². The highest BCUT2D eigenvalue weighted by Gasteiger charge is 2.00. The summed E-state index contributed by atoms with van der Waals surface area (Å²) in [6.45, 7) is 0. The summed E-state index contributed by atoms with van der Waals surface area (Å²) in [4.78, 5) is 11.6. The molecule has 1 N–H and O–H groups in total. The number of rotatable bonds is 4. The Morgan fingerprint density at radius 2 is 1.95 bits per heavy atom. The Kier molecular flexibility index (Phi) is 4.39. The number of hydrogen-bond acceptors (Lipinski definition) is 2. The standard InChI is InChI=1S/C15H13FN2O/c16-14-8-4-7-13(9-14)11-17-18-15(19)10-12-5-2-1-3-6-12/h1-9,11H,10H2,(H,18,19)/b17-11-. The van der Waals surface area contributed by atoms with E-state index < -0.39 is 0 Å². The molecule has 2 aromatic rings. The highest BCUT2D eigenvalue weighted by Crippen LogP contribution is 2.01. The third-order valence-corrected chi connectivity index (χ3v) is 2.46. The molecular formula is C15H13FN2O. The van der Waals surface area contributed by atoms with Gasteiger partial charge in [-0.1, -0.05) is 42.5 Å². The van der Waals surface area contributed by atoms with Gasteiger partial charge in [-0.25, -0.2) is 9.82 Å². The molecular weight excluding hydrogens is 243 g/mol. The maximum Gasteiger partial charge on any atom is 0.244 e. The fourth-order valence-corrected chi connectivity index (χ4v) is 1.59. The SMILES string of the molecule is O=C(Cc1ccccc1)N/N=C\c1cccc(F)c1. The molecule has 3 nitrogen and oxygen atoms in total. The molecule has 0 heterocycles. The minimum atomic E-state index is -0.334.